The predicted octanol–water partition coefficient (Wildman–Crippen LogP) is 1.60. The number of piperidine rings is 1. The Hall–Kier alpha value is -2.73. The van der Waals surface area contributed by atoms with Crippen molar-refractivity contribution in [1.82, 2.24) is 10.2 Å². The summed E-state index contributed by atoms with van der Waals surface area (Å²) in [6, 6.07) is 5.89. The third-order valence-electron chi connectivity index (χ3n) is 5.74. The first-order valence-electron chi connectivity index (χ1n) is 11.9. The van der Waals surface area contributed by atoms with Gasteiger partial charge in [0.2, 0.25) is 11.8 Å². The molecule has 192 valence electrons. The summed E-state index contributed by atoms with van der Waals surface area (Å²) in [4.78, 5) is 28.4. The standard InChI is InChI=1S/C23H34N6O6/c24-28-26-7-9-33-11-13-35-15-14-34-12-10-32-8-6-25-20-3-1-2-18-16-29(17-19(18)20)21-4-5-22(30)27-23(21)31/h1-3,21,25H,4-17H2,(H,27,30,31). The van der Waals surface area contributed by atoms with Crippen molar-refractivity contribution in [2.45, 2.75) is 32.0 Å². The van der Waals surface area contributed by atoms with Crippen molar-refractivity contribution >= 4 is 17.5 Å². The molecule has 0 aromatic heterocycles. The van der Waals surface area contributed by atoms with E-state index in [0.29, 0.717) is 91.9 Å². The summed E-state index contributed by atoms with van der Waals surface area (Å²) in [6.45, 7) is 6.21. The van der Waals surface area contributed by atoms with E-state index in [1.165, 1.54) is 11.1 Å². The molecule has 2 aliphatic rings. The molecule has 12 heteroatoms. The molecule has 12 nitrogen and oxygen atoms in total. The molecule has 0 saturated carbocycles. The molecule has 1 fully saturated rings. The average Bonchev–Trinajstić information content (AvgIpc) is 3.28. The number of rotatable bonds is 17. The average molecular weight is 491 g/mol. The SMILES string of the molecule is [N-]=[N+]=NCCOCCOCCOCCOCCNc1cccc2c1CN(C1CCC(=O)NC1=O)C2. The summed E-state index contributed by atoms with van der Waals surface area (Å²) in [5.74, 6) is -0.385. The van der Waals surface area contributed by atoms with Crippen molar-refractivity contribution < 1.29 is 28.5 Å². The van der Waals surface area contributed by atoms with Gasteiger partial charge in [-0.1, -0.05) is 17.2 Å². The van der Waals surface area contributed by atoms with E-state index in [0.717, 1.165) is 5.69 Å². The fourth-order valence-electron chi connectivity index (χ4n) is 4.03. The van der Waals surface area contributed by atoms with E-state index in [-0.39, 0.29) is 17.9 Å². The first-order chi connectivity index (χ1) is 17.2. The topological polar surface area (TPSA) is 147 Å². The van der Waals surface area contributed by atoms with Gasteiger partial charge >= 0.3 is 0 Å². The summed E-state index contributed by atoms with van der Waals surface area (Å²) < 4.78 is 21.7. The fourth-order valence-corrected chi connectivity index (χ4v) is 4.03. The highest BCUT2D eigenvalue weighted by atomic mass is 16.6. The van der Waals surface area contributed by atoms with Crippen molar-refractivity contribution in [2.24, 2.45) is 5.11 Å². The molecule has 2 heterocycles. The Labute approximate surface area is 204 Å². The lowest BCUT2D eigenvalue weighted by Crippen LogP contribution is -2.50. The molecule has 1 atom stereocenters. The van der Waals surface area contributed by atoms with Gasteiger partial charge in [-0.25, -0.2) is 0 Å². The largest absolute Gasteiger partial charge is 0.382 e. The van der Waals surface area contributed by atoms with E-state index in [2.05, 4.69) is 31.6 Å². The highest BCUT2D eigenvalue weighted by Crippen LogP contribution is 2.32. The number of anilines is 1. The van der Waals surface area contributed by atoms with Crippen LogP contribution < -0.4 is 10.6 Å². The Kier molecular flexibility index (Phi) is 11.7. The molecule has 0 bridgehead atoms. The lowest BCUT2D eigenvalue weighted by Gasteiger charge is -2.29. The van der Waals surface area contributed by atoms with Crippen molar-refractivity contribution in [3.8, 4) is 0 Å². The summed E-state index contributed by atoms with van der Waals surface area (Å²) >= 11 is 0. The van der Waals surface area contributed by atoms with E-state index >= 15 is 0 Å². The molecule has 1 aromatic rings. The van der Waals surface area contributed by atoms with Gasteiger partial charge in [0.25, 0.3) is 0 Å². The first kappa shape index (κ1) is 26.9. The van der Waals surface area contributed by atoms with Crippen LogP contribution >= 0.6 is 0 Å². The number of carbonyl (C=O) groups excluding carboxylic acids is 2. The number of ether oxygens (including phenoxy) is 4. The normalized spacial score (nSPS) is 17.7. The summed E-state index contributed by atoms with van der Waals surface area (Å²) in [5, 5.41) is 9.25. The van der Waals surface area contributed by atoms with Gasteiger partial charge in [0.05, 0.1) is 58.9 Å². The number of benzene rings is 1. The maximum absolute atomic E-state index is 12.2. The number of fused-ring (bicyclic) bond motifs is 1. The molecule has 1 saturated heterocycles. The van der Waals surface area contributed by atoms with Crippen LogP contribution in [0.4, 0.5) is 5.69 Å². The van der Waals surface area contributed by atoms with Crippen molar-refractivity contribution in [1.29, 1.82) is 0 Å². The van der Waals surface area contributed by atoms with Crippen LogP contribution in [0.1, 0.15) is 24.0 Å². The number of hydrogen-bond acceptors (Lipinski definition) is 9. The Bertz CT molecular complexity index is 878. The minimum Gasteiger partial charge on any atom is -0.382 e. The van der Waals surface area contributed by atoms with Gasteiger partial charge in [-0.2, -0.15) is 0 Å². The molecule has 0 aliphatic carbocycles. The van der Waals surface area contributed by atoms with E-state index in [1.807, 2.05) is 12.1 Å². The Balaban J connectivity index is 1.21. The summed E-state index contributed by atoms with van der Waals surface area (Å²) in [7, 11) is 0. The molecule has 3 rings (SSSR count). The van der Waals surface area contributed by atoms with E-state index in [4.69, 9.17) is 24.5 Å². The molecular formula is C23H34N6O6. The number of nitrogens with one attached hydrogen (secondary N) is 2. The zero-order valence-electron chi connectivity index (χ0n) is 19.9. The van der Waals surface area contributed by atoms with E-state index in [9.17, 15) is 9.59 Å². The lowest BCUT2D eigenvalue weighted by molar-refractivity contribution is -0.137. The van der Waals surface area contributed by atoms with E-state index < -0.39 is 0 Å². The second-order valence-corrected chi connectivity index (χ2v) is 8.15. The molecule has 2 amide bonds. The van der Waals surface area contributed by atoms with Gasteiger partial charge in [-0.15, -0.1) is 0 Å². The van der Waals surface area contributed by atoms with Crippen LogP contribution in [-0.2, 0) is 41.6 Å². The zero-order chi connectivity index (χ0) is 24.7. The molecule has 2 N–H and O–H groups in total. The Morgan fingerprint density at radius 1 is 1.00 bits per heavy atom. The first-order valence-corrected chi connectivity index (χ1v) is 11.9. The van der Waals surface area contributed by atoms with Crippen LogP contribution in [0.5, 0.6) is 0 Å². The predicted molar refractivity (Wildman–Crippen MR) is 128 cm³/mol. The van der Waals surface area contributed by atoms with Gasteiger partial charge in [0, 0.05) is 43.2 Å². The van der Waals surface area contributed by atoms with Crippen LogP contribution in [0.15, 0.2) is 23.3 Å². The van der Waals surface area contributed by atoms with Crippen LogP contribution in [0.25, 0.3) is 10.4 Å². The third kappa shape index (κ3) is 9.10. The van der Waals surface area contributed by atoms with Crippen molar-refractivity contribution in [3.05, 3.63) is 39.8 Å². The minimum absolute atomic E-state index is 0.189. The van der Waals surface area contributed by atoms with Crippen LogP contribution in [-0.4, -0.2) is 88.7 Å². The number of azide groups is 1. The maximum Gasteiger partial charge on any atom is 0.243 e. The molecule has 1 aromatic carbocycles. The number of amides is 2. The molecule has 0 radical (unpaired) electrons. The third-order valence-corrected chi connectivity index (χ3v) is 5.74. The van der Waals surface area contributed by atoms with Gasteiger partial charge in [-0.05, 0) is 29.1 Å². The molecule has 0 spiro atoms. The number of carbonyl (C=O) groups is 2. The molecule has 2 aliphatic heterocycles. The quantitative estimate of drug-likeness (QED) is 0.110. The van der Waals surface area contributed by atoms with Crippen molar-refractivity contribution in [2.75, 3.05) is 71.3 Å². The smallest absolute Gasteiger partial charge is 0.243 e. The van der Waals surface area contributed by atoms with Gasteiger partial charge in [0.15, 0.2) is 0 Å². The maximum atomic E-state index is 12.2. The second kappa shape index (κ2) is 15.3. The number of nitrogens with zero attached hydrogens (tertiary/aromatic N) is 4. The zero-order valence-corrected chi connectivity index (χ0v) is 19.9. The monoisotopic (exact) mass is 490 g/mol. The van der Waals surface area contributed by atoms with Gasteiger partial charge in [-0.3, -0.25) is 19.8 Å². The lowest BCUT2D eigenvalue weighted by atomic mass is 10.0. The van der Waals surface area contributed by atoms with E-state index in [1.54, 1.807) is 0 Å². The Morgan fingerprint density at radius 2 is 1.69 bits per heavy atom. The molecule has 35 heavy (non-hydrogen) atoms. The number of hydrogen-bond donors (Lipinski definition) is 2. The number of imide groups is 1. The van der Waals surface area contributed by atoms with Crippen LogP contribution in [0.2, 0.25) is 0 Å². The Morgan fingerprint density at radius 3 is 2.37 bits per heavy atom. The fraction of sp³-hybridized carbons (Fsp3) is 0.652. The highest BCUT2D eigenvalue weighted by molar-refractivity contribution is 6.00. The summed E-state index contributed by atoms with van der Waals surface area (Å²) in [5.41, 5.74) is 11.6. The van der Waals surface area contributed by atoms with Gasteiger partial charge in [0.1, 0.15) is 0 Å². The highest BCUT2D eigenvalue weighted by Gasteiger charge is 2.35. The van der Waals surface area contributed by atoms with Gasteiger partial charge < -0.3 is 24.3 Å². The van der Waals surface area contributed by atoms with Crippen LogP contribution in [0, 0.1) is 0 Å². The van der Waals surface area contributed by atoms with Crippen molar-refractivity contribution in [3.63, 3.8) is 0 Å². The second-order valence-electron chi connectivity index (χ2n) is 8.15. The minimum atomic E-state index is -0.259. The summed E-state index contributed by atoms with van der Waals surface area (Å²) in [6.07, 6.45) is 0.955. The molecular weight excluding hydrogens is 456 g/mol. The molecule has 1 unspecified atom stereocenters. The van der Waals surface area contributed by atoms with Crippen LogP contribution in [0.3, 0.4) is 0 Å².